The SMILES string of the molecule is COCCCNC(=S)N1CCOC2CCCC21. The minimum Gasteiger partial charge on any atom is -0.385 e. The molecule has 4 nitrogen and oxygen atoms in total. The van der Waals surface area contributed by atoms with Crippen LogP contribution in [0.25, 0.3) is 0 Å². The molecule has 1 saturated heterocycles. The van der Waals surface area contributed by atoms with Crippen LogP contribution in [0, 0.1) is 0 Å². The van der Waals surface area contributed by atoms with Crippen LogP contribution < -0.4 is 5.32 Å². The van der Waals surface area contributed by atoms with Crippen molar-refractivity contribution in [3.63, 3.8) is 0 Å². The maximum Gasteiger partial charge on any atom is 0.169 e. The van der Waals surface area contributed by atoms with Gasteiger partial charge in [-0.05, 0) is 37.9 Å². The molecule has 1 N–H and O–H groups in total. The Balaban J connectivity index is 1.77. The van der Waals surface area contributed by atoms with Crippen LogP contribution in [-0.4, -0.2) is 55.6 Å². The van der Waals surface area contributed by atoms with Crippen LogP contribution in [0.4, 0.5) is 0 Å². The third kappa shape index (κ3) is 3.30. The van der Waals surface area contributed by atoms with Crippen LogP contribution in [0.2, 0.25) is 0 Å². The van der Waals surface area contributed by atoms with Gasteiger partial charge >= 0.3 is 0 Å². The van der Waals surface area contributed by atoms with E-state index in [1.807, 2.05) is 0 Å². The molecule has 1 aliphatic heterocycles. The van der Waals surface area contributed by atoms with Crippen LogP contribution in [0.5, 0.6) is 0 Å². The molecular weight excluding hydrogens is 236 g/mol. The smallest absolute Gasteiger partial charge is 0.169 e. The molecular formula is C12H22N2O2S. The summed E-state index contributed by atoms with van der Waals surface area (Å²) in [5.41, 5.74) is 0. The second-order valence-electron chi connectivity index (χ2n) is 4.68. The third-order valence-corrected chi connectivity index (χ3v) is 3.92. The van der Waals surface area contributed by atoms with E-state index in [9.17, 15) is 0 Å². The summed E-state index contributed by atoms with van der Waals surface area (Å²) in [5.74, 6) is 0. The highest BCUT2D eigenvalue weighted by molar-refractivity contribution is 7.80. The molecule has 5 heteroatoms. The number of ether oxygens (including phenoxy) is 2. The van der Waals surface area contributed by atoms with Crippen molar-refractivity contribution in [2.75, 3.05) is 33.4 Å². The van der Waals surface area contributed by atoms with Crippen molar-refractivity contribution < 1.29 is 9.47 Å². The summed E-state index contributed by atoms with van der Waals surface area (Å²) in [6, 6.07) is 0.506. The highest BCUT2D eigenvalue weighted by Crippen LogP contribution is 2.29. The summed E-state index contributed by atoms with van der Waals surface area (Å²) in [6.45, 7) is 3.41. The van der Waals surface area contributed by atoms with Gasteiger partial charge < -0.3 is 19.7 Å². The van der Waals surface area contributed by atoms with E-state index in [4.69, 9.17) is 21.7 Å². The maximum absolute atomic E-state index is 5.78. The van der Waals surface area contributed by atoms with Crippen LogP contribution >= 0.6 is 12.2 Å². The Labute approximate surface area is 109 Å². The van der Waals surface area contributed by atoms with E-state index in [2.05, 4.69) is 10.2 Å². The number of fused-ring (bicyclic) bond motifs is 1. The molecule has 0 radical (unpaired) electrons. The van der Waals surface area contributed by atoms with Crippen molar-refractivity contribution in [3.05, 3.63) is 0 Å². The minimum atomic E-state index is 0.405. The molecule has 0 aromatic carbocycles. The van der Waals surface area contributed by atoms with Gasteiger partial charge in [0.25, 0.3) is 0 Å². The summed E-state index contributed by atoms with van der Waals surface area (Å²) in [7, 11) is 1.73. The van der Waals surface area contributed by atoms with Crippen molar-refractivity contribution >= 4 is 17.3 Å². The monoisotopic (exact) mass is 258 g/mol. The van der Waals surface area contributed by atoms with Gasteiger partial charge in [-0.1, -0.05) is 0 Å². The van der Waals surface area contributed by atoms with Gasteiger partial charge in [-0.2, -0.15) is 0 Å². The standard InChI is InChI=1S/C12H22N2O2S/c1-15-8-3-6-13-12(17)14-7-9-16-11-5-2-4-10(11)14/h10-11H,2-9H2,1H3,(H,13,17). The normalized spacial score (nSPS) is 27.9. The zero-order valence-electron chi connectivity index (χ0n) is 10.5. The summed E-state index contributed by atoms with van der Waals surface area (Å²) in [5, 5.41) is 4.21. The molecule has 0 bridgehead atoms. The Kier molecular flexibility index (Phi) is 5.00. The molecule has 1 heterocycles. The molecule has 2 atom stereocenters. The number of methoxy groups -OCH3 is 1. The highest BCUT2D eigenvalue weighted by atomic mass is 32.1. The molecule has 0 aromatic rings. The van der Waals surface area contributed by atoms with E-state index in [1.165, 1.54) is 19.3 Å². The molecule has 98 valence electrons. The summed E-state index contributed by atoms with van der Waals surface area (Å²) < 4.78 is 10.8. The average Bonchev–Trinajstić information content (AvgIpc) is 2.82. The van der Waals surface area contributed by atoms with Crippen molar-refractivity contribution in [1.82, 2.24) is 10.2 Å². The second-order valence-corrected chi connectivity index (χ2v) is 5.07. The Morgan fingerprint density at radius 2 is 2.41 bits per heavy atom. The van der Waals surface area contributed by atoms with E-state index in [-0.39, 0.29) is 0 Å². The first-order valence-corrected chi connectivity index (χ1v) is 6.89. The van der Waals surface area contributed by atoms with Gasteiger partial charge in [0.2, 0.25) is 0 Å². The van der Waals surface area contributed by atoms with Crippen LogP contribution in [-0.2, 0) is 9.47 Å². The number of hydrogen-bond donors (Lipinski definition) is 1. The van der Waals surface area contributed by atoms with Gasteiger partial charge in [0.15, 0.2) is 5.11 Å². The lowest BCUT2D eigenvalue weighted by atomic mass is 10.1. The van der Waals surface area contributed by atoms with E-state index in [0.717, 1.165) is 37.8 Å². The molecule has 1 aliphatic carbocycles. The van der Waals surface area contributed by atoms with E-state index < -0.39 is 0 Å². The Hall–Kier alpha value is -0.390. The van der Waals surface area contributed by atoms with Crippen molar-refractivity contribution in [1.29, 1.82) is 0 Å². The lowest BCUT2D eigenvalue weighted by molar-refractivity contribution is -0.0295. The summed E-state index contributed by atoms with van der Waals surface area (Å²) in [6.07, 6.45) is 5.06. The minimum absolute atomic E-state index is 0.405. The third-order valence-electron chi connectivity index (χ3n) is 3.54. The van der Waals surface area contributed by atoms with Crippen molar-refractivity contribution in [2.45, 2.75) is 37.8 Å². The number of hydrogen-bond acceptors (Lipinski definition) is 3. The molecule has 0 spiro atoms. The molecule has 2 rings (SSSR count). The van der Waals surface area contributed by atoms with E-state index in [0.29, 0.717) is 12.1 Å². The topological polar surface area (TPSA) is 33.7 Å². The van der Waals surface area contributed by atoms with Crippen LogP contribution in [0.15, 0.2) is 0 Å². The first kappa shape index (κ1) is 13.1. The Morgan fingerprint density at radius 1 is 1.53 bits per heavy atom. The number of nitrogens with zero attached hydrogens (tertiary/aromatic N) is 1. The number of nitrogens with one attached hydrogen (secondary N) is 1. The van der Waals surface area contributed by atoms with Gasteiger partial charge in [-0.15, -0.1) is 0 Å². The van der Waals surface area contributed by atoms with Crippen molar-refractivity contribution in [3.8, 4) is 0 Å². The number of morpholine rings is 1. The fraction of sp³-hybridized carbons (Fsp3) is 0.917. The van der Waals surface area contributed by atoms with E-state index in [1.54, 1.807) is 7.11 Å². The molecule has 1 saturated carbocycles. The zero-order chi connectivity index (χ0) is 12.1. The predicted octanol–water partition coefficient (Wildman–Crippen LogP) is 1.15. The Morgan fingerprint density at radius 3 is 3.24 bits per heavy atom. The lowest BCUT2D eigenvalue weighted by Gasteiger charge is -2.39. The number of thiocarbonyl (C=S) groups is 1. The van der Waals surface area contributed by atoms with Crippen LogP contribution in [0.1, 0.15) is 25.7 Å². The molecule has 0 amide bonds. The first-order chi connectivity index (χ1) is 8.33. The molecule has 2 aliphatic rings. The quantitative estimate of drug-likeness (QED) is 0.604. The van der Waals surface area contributed by atoms with Crippen molar-refractivity contribution in [2.24, 2.45) is 0 Å². The van der Waals surface area contributed by atoms with Gasteiger partial charge in [0.1, 0.15) is 0 Å². The molecule has 17 heavy (non-hydrogen) atoms. The first-order valence-electron chi connectivity index (χ1n) is 6.48. The molecule has 0 aromatic heterocycles. The maximum atomic E-state index is 5.78. The summed E-state index contributed by atoms with van der Waals surface area (Å²) >= 11 is 5.47. The molecule has 2 fully saturated rings. The van der Waals surface area contributed by atoms with Gasteiger partial charge in [-0.25, -0.2) is 0 Å². The summed E-state index contributed by atoms with van der Waals surface area (Å²) in [4.78, 5) is 2.32. The average molecular weight is 258 g/mol. The highest BCUT2D eigenvalue weighted by Gasteiger charge is 2.36. The van der Waals surface area contributed by atoms with E-state index >= 15 is 0 Å². The van der Waals surface area contributed by atoms with Crippen LogP contribution in [0.3, 0.4) is 0 Å². The van der Waals surface area contributed by atoms with Gasteiger partial charge in [0.05, 0.1) is 18.8 Å². The molecule has 2 unspecified atom stereocenters. The fourth-order valence-electron chi connectivity index (χ4n) is 2.69. The lowest BCUT2D eigenvalue weighted by Crippen LogP contribution is -2.54. The fourth-order valence-corrected chi connectivity index (χ4v) is 3.02. The number of rotatable bonds is 4. The van der Waals surface area contributed by atoms with Gasteiger partial charge in [0, 0.05) is 26.8 Å². The second kappa shape index (κ2) is 6.52. The zero-order valence-corrected chi connectivity index (χ0v) is 11.3. The Bertz CT molecular complexity index is 263. The largest absolute Gasteiger partial charge is 0.385 e. The predicted molar refractivity (Wildman–Crippen MR) is 71.2 cm³/mol. The van der Waals surface area contributed by atoms with Gasteiger partial charge in [-0.3, -0.25) is 0 Å².